The highest BCUT2D eigenvalue weighted by Gasteiger charge is 2.16. The fourth-order valence-electron chi connectivity index (χ4n) is 3.21. The lowest BCUT2D eigenvalue weighted by Crippen LogP contribution is -2.37. The van der Waals surface area contributed by atoms with E-state index >= 15 is 0 Å². The molecule has 0 bridgehead atoms. The Labute approximate surface area is 174 Å². The molecule has 0 aliphatic carbocycles. The fraction of sp³-hybridized carbons (Fsp3) is 0.381. The Morgan fingerprint density at radius 3 is 2.33 bits per heavy atom. The van der Waals surface area contributed by atoms with E-state index in [-0.39, 0.29) is 29.5 Å². The van der Waals surface area contributed by atoms with E-state index in [0.29, 0.717) is 31.1 Å². The van der Waals surface area contributed by atoms with Crippen LogP contribution in [0.15, 0.2) is 41.3 Å². The maximum absolute atomic E-state index is 12.6. The molecule has 2 N–H and O–H groups in total. The lowest BCUT2D eigenvalue weighted by atomic mass is 10.2. The average molecular weight is 414 g/mol. The summed E-state index contributed by atoms with van der Waals surface area (Å²) in [5, 5.41) is 5.51. The summed E-state index contributed by atoms with van der Waals surface area (Å²) in [5.41, 5.74) is 1.78. The van der Waals surface area contributed by atoms with Crippen molar-refractivity contribution in [2.24, 2.45) is 0 Å². The lowest BCUT2D eigenvalue weighted by molar-refractivity contribution is -0.117. The zero-order valence-corrected chi connectivity index (χ0v) is 17.1. The minimum absolute atomic E-state index is 0.0315. The molecular formula is C21H26N4O5. The predicted octanol–water partition coefficient (Wildman–Crippen LogP) is 1.29. The number of carbonyl (C=O) groups is 2. The summed E-state index contributed by atoms with van der Waals surface area (Å²) in [6.45, 7) is 4.85. The molecule has 9 heteroatoms. The first-order valence-electron chi connectivity index (χ1n) is 9.69. The number of aromatic nitrogens is 1. The lowest BCUT2D eigenvalue weighted by Gasteiger charge is -2.27. The van der Waals surface area contributed by atoms with Crippen LogP contribution in [-0.4, -0.2) is 54.7 Å². The van der Waals surface area contributed by atoms with E-state index in [9.17, 15) is 14.4 Å². The fourth-order valence-corrected chi connectivity index (χ4v) is 3.21. The van der Waals surface area contributed by atoms with Crippen LogP contribution in [-0.2, 0) is 27.4 Å². The largest absolute Gasteiger partial charge is 0.491 e. The Bertz CT molecular complexity index is 949. The molecule has 9 nitrogen and oxygen atoms in total. The summed E-state index contributed by atoms with van der Waals surface area (Å²) >= 11 is 0. The molecule has 1 saturated heterocycles. The number of hydrogen-bond donors (Lipinski definition) is 2. The SMILES string of the molecule is COc1cn(CC(=O)Nc2ccc(NC(C)=O)cc2)c(CN2CCOCC2)cc1=O. The Balaban J connectivity index is 1.72. The third-order valence-corrected chi connectivity index (χ3v) is 4.69. The molecular weight excluding hydrogens is 388 g/mol. The van der Waals surface area contributed by atoms with E-state index < -0.39 is 0 Å². The summed E-state index contributed by atoms with van der Waals surface area (Å²) in [7, 11) is 1.43. The van der Waals surface area contributed by atoms with Crippen molar-refractivity contribution in [1.82, 2.24) is 9.47 Å². The molecule has 0 radical (unpaired) electrons. The van der Waals surface area contributed by atoms with Gasteiger partial charge in [-0.25, -0.2) is 0 Å². The van der Waals surface area contributed by atoms with E-state index in [1.54, 1.807) is 35.0 Å². The van der Waals surface area contributed by atoms with Crippen LogP contribution in [0.3, 0.4) is 0 Å². The van der Waals surface area contributed by atoms with E-state index in [1.165, 1.54) is 20.1 Å². The number of nitrogens with one attached hydrogen (secondary N) is 2. The first kappa shape index (κ1) is 21.5. The Morgan fingerprint density at radius 1 is 1.10 bits per heavy atom. The summed E-state index contributed by atoms with van der Waals surface area (Å²) in [6.07, 6.45) is 1.57. The number of methoxy groups -OCH3 is 1. The molecule has 1 aliphatic rings. The number of anilines is 2. The second kappa shape index (κ2) is 10.0. The summed E-state index contributed by atoms with van der Waals surface area (Å²) in [6, 6.07) is 8.37. The van der Waals surface area contributed by atoms with Crippen LogP contribution in [0.5, 0.6) is 5.75 Å². The topological polar surface area (TPSA) is 102 Å². The minimum atomic E-state index is -0.240. The molecule has 0 saturated carbocycles. The molecule has 3 rings (SSSR count). The maximum Gasteiger partial charge on any atom is 0.244 e. The van der Waals surface area contributed by atoms with Gasteiger partial charge in [0.1, 0.15) is 6.54 Å². The van der Waals surface area contributed by atoms with Crippen molar-refractivity contribution in [1.29, 1.82) is 0 Å². The second-order valence-electron chi connectivity index (χ2n) is 7.02. The van der Waals surface area contributed by atoms with Gasteiger partial charge in [0, 0.05) is 49.7 Å². The molecule has 0 spiro atoms. The monoisotopic (exact) mass is 414 g/mol. The van der Waals surface area contributed by atoms with Crippen molar-refractivity contribution in [3.8, 4) is 5.75 Å². The first-order chi connectivity index (χ1) is 14.4. The van der Waals surface area contributed by atoms with Gasteiger partial charge in [0.25, 0.3) is 0 Å². The highest BCUT2D eigenvalue weighted by molar-refractivity contribution is 5.92. The van der Waals surface area contributed by atoms with Gasteiger partial charge in [0.2, 0.25) is 17.2 Å². The number of carbonyl (C=O) groups excluding carboxylic acids is 2. The maximum atomic E-state index is 12.6. The highest BCUT2D eigenvalue weighted by Crippen LogP contribution is 2.15. The van der Waals surface area contributed by atoms with Gasteiger partial charge in [0.15, 0.2) is 5.75 Å². The number of morpholine rings is 1. The van der Waals surface area contributed by atoms with Crippen LogP contribution in [0, 0.1) is 0 Å². The number of amides is 2. The molecule has 30 heavy (non-hydrogen) atoms. The van der Waals surface area contributed by atoms with Gasteiger partial charge >= 0.3 is 0 Å². The van der Waals surface area contributed by atoms with Crippen molar-refractivity contribution in [2.75, 3.05) is 44.0 Å². The Hall–Kier alpha value is -3.17. The minimum Gasteiger partial charge on any atom is -0.491 e. The molecule has 1 aliphatic heterocycles. The van der Waals surface area contributed by atoms with E-state index in [4.69, 9.17) is 9.47 Å². The number of rotatable bonds is 7. The molecule has 0 atom stereocenters. The third-order valence-electron chi connectivity index (χ3n) is 4.69. The first-order valence-corrected chi connectivity index (χ1v) is 9.69. The number of nitrogens with zero attached hydrogens (tertiary/aromatic N) is 2. The van der Waals surface area contributed by atoms with Gasteiger partial charge in [-0.1, -0.05) is 0 Å². The molecule has 2 aromatic rings. The van der Waals surface area contributed by atoms with Crippen LogP contribution < -0.4 is 20.8 Å². The number of ether oxygens (including phenoxy) is 2. The predicted molar refractivity (Wildman–Crippen MR) is 113 cm³/mol. The van der Waals surface area contributed by atoms with Gasteiger partial charge in [-0.05, 0) is 24.3 Å². The molecule has 1 aromatic carbocycles. The Morgan fingerprint density at radius 2 is 1.73 bits per heavy atom. The van der Waals surface area contributed by atoms with Crippen LogP contribution >= 0.6 is 0 Å². The standard InChI is InChI=1S/C21H26N4O5/c1-15(26)22-16-3-5-17(6-4-16)23-21(28)14-25-13-20(29-2)19(27)11-18(25)12-24-7-9-30-10-8-24/h3-6,11,13H,7-10,12,14H2,1-2H3,(H,22,26)(H,23,28). The van der Waals surface area contributed by atoms with Crippen LogP contribution in [0.1, 0.15) is 12.6 Å². The summed E-state index contributed by atoms with van der Waals surface area (Å²) < 4.78 is 12.2. The van der Waals surface area contributed by atoms with Gasteiger partial charge in [-0.2, -0.15) is 0 Å². The van der Waals surface area contributed by atoms with Crippen molar-refractivity contribution in [3.05, 3.63) is 52.4 Å². The molecule has 2 amide bonds. The van der Waals surface area contributed by atoms with E-state index in [0.717, 1.165) is 18.8 Å². The van der Waals surface area contributed by atoms with Gasteiger partial charge in [0.05, 0.1) is 26.5 Å². The number of pyridine rings is 1. The van der Waals surface area contributed by atoms with E-state index in [2.05, 4.69) is 15.5 Å². The van der Waals surface area contributed by atoms with Crippen LogP contribution in [0.25, 0.3) is 0 Å². The quantitative estimate of drug-likeness (QED) is 0.708. The van der Waals surface area contributed by atoms with E-state index in [1.807, 2.05) is 0 Å². The van der Waals surface area contributed by atoms with Crippen LogP contribution in [0.4, 0.5) is 11.4 Å². The average Bonchev–Trinajstić information content (AvgIpc) is 2.72. The third kappa shape index (κ3) is 5.91. The Kier molecular flexibility index (Phi) is 7.21. The van der Waals surface area contributed by atoms with Gasteiger partial charge < -0.3 is 24.7 Å². The zero-order chi connectivity index (χ0) is 21.5. The molecule has 2 heterocycles. The molecule has 1 fully saturated rings. The highest BCUT2D eigenvalue weighted by atomic mass is 16.5. The van der Waals surface area contributed by atoms with Gasteiger partial charge in [-0.3, -0.25) is 19.3 Å². The van der Waals surface area contributed by atoms with Crippen molar-refractivity contribution in [2.45, 2.75) is 20.0 Å². The zero-order valence-electron chi connectivity index (χ0n) is 17.1. The number of hydrogen-bond acceptors (Lipinski definition) is 6. The van der Waals surface area contributed by atoms with Crippen LogP contribution in [0.2, 0.25) is 0 Å². The second-order valence-corrected chi connectivity index (χ2v) is 7.02. The van der Waals surface area contributed by atoms with Crippen molar-refractivity contribution < 1.29 is 19.1 Å². The molecule has 1 aromatic heterocycles. The summed E-state index contributed by atoms with van der Waals surface area (Å²) in [4.78, 5) is 38.1. The van der Waals surface area contributed by atoms with Gasteiger partial charge in [-0.15, -0.1) is 0 Å². The normalized spacial score (nSPS) is 14.2. The number of benzene rings is 1. The van der Waals surface area contributed by atoms with Crippen molar-refractivity contribution in [3.63, 3.8) is 0 Å². The summed E-state index contributed by atoms with van der Waals surface area (Å²) in [5.74, 6) is -0.212. The smallest absolute Gasteiger partial charge is 0.244 e. The molecule has 160 valence electrons. The van der Waals surface area contributed by atoms with Crippen molar-refractivity contribution >= 4 is 23.2 Å². The molecule has 0 unspecified atom stereocenters.